The van der Waals surface area contributed by atoms with Gasteiger partial charge in [0.2, 0.25) is 0 Å². The maximum atomic E-state index is 12.4. The fourth-order valence-electron chi connectivity index (χ4n) is 2.64. The average molecular weight is 362 g/mol. The van der Waals surface area contributed by atoms with Crippen LogP contribution in [0.3, 0.4) is 0 Å². The van der Waals surface area contributed by atoms with E-state index in [9.17, 15) is 14.4 Å². The number of thiazole rings is 1. The Hall–Kier alpha value is -2.55. The summed E-state index contributed by atoms with van der Waals surface area (Å²) in [4.78, 5) is 40.5. The number of nitrogens with one attached hydrogen (secondary N) is 1. The van der Waals surface area contributed by atoms with Crippen LogP contribution in [0.2, 0.25) is 0 Å². The van der Waals surface area contributed by atoms with Crippen LogP contribution in [0.5, 0.6) is 0 Å². The van der Waals surface area contributed by atoms with E-state index in [2.05, 4.69) is 15.4 Å². The molecule has 1 aliphatic rings. The molecule has 1 N–H and O–H groups in total. The number of carbonyl (C=O) groups excluding carboxylic acids is 2. The Morgan fingerprint density at radius 3 is 3.00 bits per heavy atom. The third-order valence-electron chi connectivity index (χ3n) is 3.94. The number of esters is 1. The number of carbonyl (C=O) groups is 2. The van der Waals surface area contributed by atoms with Crippen molar-refractivity contribution in [3.05, 3.63) is 38.8 Å². The predicted molar refractivity (Wildman–Crippen MR) is 91.9 cm³/mol. The van der Waals surface area contributed by atoms with Gasteiger partial charge in [-0.15, -0.1) is 0 Å². The summed E-state index contributed by atoms with van der Waals surface area (Å²) in [5.41, 5.74) is 1.54. The molecular weight excluding hydrogens is 344 g/mol. The maximum Gasteiger partial charge on any atom is 0.350 e. The van der Waals surface area contributed by atoms with E-state index in [0.717, 1.165) is 41.9 Å². The third-order valence-corrected chi connectivity index (χ3v) is 4.83. The molecule has 1 amide bonds. The summed E-state index contributed by atoms with van der Waals surface area (Å²) >= 11 is 1.02. The lowest BCUT2D eigenvalue weighted by Gasteiger charge is -2.14. The first-order valence-corrected chi connectivity index (χ1v) is 8.86. The highest BCUT2D eigenvalue weighted by atomic mass is 32.1. The molecular formula is C16H18N4O4S. The molecule has 9 heteroatoms. The van der Waals surface area contributed by atoms with Crippen molar-refractivity contribution >= 4 is 28.3 Å². The summed E-state index contributed by atoms with van der Waals surface area (Å²) in [6.07, 6.45) is 4.00. The second-order valence-electron chi connectivity index (χ2n) is 5.67. The van der Waals surface area contributed by atoms with Gasteiger partial charge in [-0.25, -0.2) is 14.5 Å². The number of hydrogen-bond acceptors (Lipinski definition) is 7. The Morgan fingerprint density at radius 2 is 2.24 bits per heavy atom. The monoisotopic (exact) mass is 362 g/mol. The van der Waals surface area contributed by atoms with Gasteiger partial charge in [0.1, 0.15) is 10.9 Å². The van der Waals surface area contributed by atoms with Gasteiger partial charge in [-0.3, -0.25) is 9.59 Å². The molecule has 3 rings (SSSR count). The first-order valence-electron chi connectivity index (χ1n) is 8.05. The van der Waals surface area contributed by atoms with Crippen LogP contribution in [0.25, 0.3) is 0 Å². The quantitative estimate of drug-likeness (QED) is 0.810. The van der Waals surface area contributed by atoms with Gasteiger partial charge in [0, 0.05) is 6.07 Å². The molecule has 8 nitrogen and oxygen atoms in total. The maximum absolute atomic E-state index is 12.4. The first-order chi connectivity index (χ1) is 12.0. The van der Waals surface area contributed by atoms with Gasteiger partial charge in [-0.05, 0) is 38.7 Å². The average Bonchev–Trinajstić information content (AvgIpc) is 3.22. The van der Waals surface area contributed by atoms with Crippen LogP contribution in [0, 0.1) is 0 Å². The Labute approximate surface area is 147 Å². The standard InChI is InChI=1S/C16H18N4O4S/c1-3-24-15(23)12-8-17-16(25-12)18-14(22)9(2)20-13(21)7-10-5-4-6-11(10)19-20/h7-9H,3-6H2,1-2H3,(H,17,18,22)/t9-/m1/s1. The van der Waals surface area contributed by atoms with E-state index in [4.69, 9.17) is 4.74 Å². The number of fused-ring (bicyclic) bond motifs is 1. The third kappa shape index (κ3) is 3.60. The Kier molecular flexibility index (Phi) is 4.93. The predicted octanol–water partition coefficient (Wildman–Crippen LogP) is 1.56. The van der Waals surface area contributed by atoms with Gasteiger partial charge in [0.05, 0.1) is 18.5 Å². The molecule has 2 heterocycles. The van der Waals surface area contributed by atoms with Crippen molar-refractivity contribution in [2.24, 2.45) is 0 Å². The minimum atomic E-state index is -0.784. The minimum absolute atomic E-state index is 0.266. The van der Waals surface area contributed by atoms with Gasteiger partial charge in [0.15, 0.2) is 5.13 Å². The zero-order valence-electron chi connectivity index (χ0n) is 13.9. The van der Waals surface area contributed by atoms with Crippen LogP contribution >= 0.6 is 11.3 Å². The van der Waals surface area contributed by atoms with Crippen molar-refractivity contribution in [3.63, 3.8) is 0 Å². The van der Waals surface area contributed by atoms with E-state index in [-0.39, 0.29) is 17.3 Å². The van der Waals surface area contributed by atoms with Crippen LogP contribution in [-0.2, 0) is 22.4 Å². The van der Waals surface area contributed by atoms with Crippen molar-refractivity contribution in [1.82, 2.24) is 14.8 Å². The van der Waals surface area contributed by atoms with Crippen molar-refractivity contribution in [2.45, 2.75) is 39.2 Å². The lowest BCUT2D eigenvalue weighted by molar-refractivity contribution is -0.119. The van der Waals surface area contributed by atoms with Crippen molar-refractivity contribution in [2.75, 3.05) is 11.9 Å². The summed E-state index contributed by atoms with van der Waals surface area (Å²) in [6, 6.07) is 0.773. The van der Waals surface area contributed by atoms with E-state index in [1.165, 1.54) is 10.9 Å². The summed E-state index contributed by atoms with van der Waals surface area (Å²) < 4.78 is 6.08. The normalized spacial score (nSPS) is 14.0. The first kappa shape index (κ1) is 17.3. The fourth-order valence-corrected chi connectivity index (χ4v) is 3.36. The molecule has 0 fully saturated rings. The molecule has 0 saturated carbocycles. The number of rotatable bonds is 5. The van der Waals surface area contributed by atoms with Crippen LogP contribution in [-0.4, -0.2) is 33.2 Å². The summed E-state index contributed by atoms with van der Waals surface area (Å²) in [5, 5.41) is 7.21. The molecule has 0 saturated heterocycles. The number of hydrogen-bond donors (Lipinski definition) is 1. The number of aryl methyl sites for hydroxylation is 2. The highest BCUT2D eigenvalue weighted by Crippen LogP contribution is 2.21. The summed E-state index contributed by atoms with van der Waals surface area (Å²) in [7, 11) is 0. The van der Waals surface area contributed by atoms with Crippen LogP contribution in [0.4, 0.5) is 5.13 Å². The van der Waals surface area contributed by atoms with E-state index < -0.39 is 17.9 Å². The van der Waals surface area contributed by atoms with Gasteiger partial charge < -0.3 is 10.1 Å². The molecule has 2 aromatic rings. The number of ether oxygens (including phenoxy) is 1. The molecule has 132 valence electrons. The van der Waals surface area contributed by atoms with Crippen molar-refractivity contribution < 1.29 is 14.3 Å². The lowest BCUT2D eigenvalue weighted by atomic mass is 10.2. The van der Waals surface area contributed by atoms with Gasteiger partial charge >= 0.3 is 5.97 Å². The second-order valence-corrected chi connectivity index (χ2v) is 6.70. The Balaban J connectivity index is 1.73. The molecule has 0 aliphatic heterocycles. The number of anilines is 1. The van der Waals surface area contributed by atoms with Gasteiger partial charge in [-0.1, -0.05) is 11.3 Å². The Morgan fingerprint density at radius 1 is 1.44 bits per heavy atom. The number of nitrogens with zero attached hydrogens (tertiary/aromatic N) is 3. The van der Waals surface area contributed by atoms with E-state index >= 15 is 0 Å². The van der Waals surface area contributed by atoms with Crippen molar-refractivity contribution in [3.8, 4) is 0 Å². The molecule has 0 spiro atoms. The zero-order chi connectivity index (χ0) is 18.0. The summed E-state index contributed by atoms with van der Waals surface area (Å²) in [5.74, 6) is -0.901. The molecule has 25 heavy (non-hydrogen) atoms. The highest BCUT2D eigenvalue weighted by Gasteiger charge is 2.22. The Bertz CT molecular complexity index is 873. The van der Waals surface area contributed by atoms with Crippen LogP contribution < -0.4 is 10.9 Å². The topological polar surface area (TPSA) is 103 Å². The molecule has 0 unspecified atom stereocenters. The van der Waals surface area contributed by atoms with E-state index in [1.807, 2.05) is 0 Å². The molecule has 0 radical (unpaired) electrons. The molecule has 0 bridgehead atoms. The fraction of sp³-hybridized carbons (Fsp3) is 0.438. The van der Waals surface area contributed by atoms with E-state index in [0.29, 0.717) is 4.88 Å². The minimum Gasteiger partial charge on any atom is -0.462 e. The largest absolute Gasteiger partial charge is 0.462 e. The molecule has 0 aromatic carbocycles. The van der Waals surface area contributed by atoms with Crippen LogP contribution in [0.15, 0.2) is 17.1 Å². The van der Waals surface area contributed by atoms with Crippen molar-refractivity contribution in [1.29, 1.82) is 0 Å². The smallest absolute Gasteiger partial charge is 0.350 e. The number of amides is 1. The summed E-state index contributed by atoms with van der Waals surface area (Å²) in [6.45, 7) is 3.58. The van der Waals surface area contributed by atoms with E-state index in [1.54, 1.807) is 19.9 Å². The lowest BCUT2D eigenvalue weighted by Crippen LogP contribution is -2.33. The molecule has 1 aliphatic carbocycles. The SMILES string of the molecule is CCOC(=O)c1cnc(NC(=O)[C@@H](C)n2nc3c(cc2=O)CCC3)s1. The van der Waals surface area contributed by atoms with Gasteiger partial charge in [0.25, 0.3) is 11.5 Å². The highest BCUT2D eigenvalue weighted by molar-refractivity contribution is 7.17. The van der Waals surface area contributed by atoms with Gasteiger partial charge in [-0.2, -0.15) is 5.10 Å². The molecule has 2 aromatic heterocycles. The second kappa shape index (κ2) is 7.14. The molecule has 1 atom stereocenters. The number of aromatic nitrogens is 3. The zero-order valence-corrected chi connectivity index (χ0v) is 14.8. The van der Waals surface area contributed by atoms with Crippen LogP contribution in [0.1, 0.15) is 47.2 Å².